The van der Waals surface area contributed by atoms with Gasteiger partial charge in [0.05, 0.1) is 32.0 Å². The standard InChI is InChI=1S/C21H13Cl2N3O2S/c22-16-10-7-14(11-17(16)23)20(27)28-15-8-5-13(6-9-15)12-24-26-21-25-18-3-1-2-4-19(18)29-21/h1-12H,(H,25,26)/b24-12-. The molecule has 0 bridgehead atoms. The molecule has 144 valence electrons. The van der Waals surface area contributed by atoms with Gasteiger partial charge in [-0.3, -0.25) is 5.43 Å². The minimum absolute atomic E-state index is 0.299. The van der Waals surface area contributed by atoms with Crippen molar-refractivity contribution >= 4 is 62.1 Å². The van der Waals surface area contributed by atoms with Crippen molar-refractivity contribution in [3.63, 3.8) is 0 Å². The Bertz CT molecular complexity index is 1170. The number of hydrogen-bond donors (Lipinski definition) is 1. The van der Waals surface area contributed by atoms with E-state index < -0.39 is 5.97 Å². The third kappa shape index (κ3) is 4.74. The summed E-state index contributed by atoms with van der Waals surface area (Å²) in [5.74, 6) is -0.0974. The van der Waals surface area contributed by atoms with Crippen LogP contribution in [0.5, 0.6) is 5.75 Å². The average Bonchev–Trinajstić information content (AvgIpc) is 3.14. The molecule has 0 saturated carbocycles. The van der Waals surface area contributed by atoms with E-state index in [1.54, 1.807) is 42.6 Å². The van der Waals surface area contributed by atoms with Gasteiger partial charge in [0.2, 0.25) is 5.13 Å². The topological polar surface area (TPSA) is 63.6 Å². The highest BCUT2D eigenvalue weighted by Crippen LogP contribution is 2.25. The highest BCUT2D eigenvalue weighted by atomic mass is 35.5. The van der Waals surface area contributed by atoms with Gasteiger partial charge < -0.3 is 4.74 Å². The van der Waals surface area contributed by atoms with Crippen molar-refractivity contribution in [3.8, 4) is 5.75 Å². The van der Waals surface area contributed by atoms with Crippen molar-refractivity contribution in [2.75, 3.05) is 5.43 Å². The van der Waals surface area contributed by atoms with Crippen molar-refractivity contribution in [3.05, 3.63) is 87.9 Å². The number of carbonyl (C=O) groups is 1. The number of anilines is 1. The molecule has 1 aromatic heterocycles. The zero-order valence-corrected chi connectivity index (χ0v) is 17.1. The van der Waals surface area contributed by atoms with E-state index in [0.29, 0.717) is 21.4 Å². The van der Waals surface area contributed by atoms with Crippen molar-refractivity contribution < 1.29 is 9.53 Å². The smallest absolute Gasteiger partial charge is 0.343 e. The summed E-state index contributed by atoms with van der Waals surface area (Å²) >= 11 is 13.3. The van der Waals surface area contributed by atoms with Gasteiger partial charge in [-0.2, -0.15) is 5.10 Å². The maximum Gasteiger partial charge on any atom is 0.343 e. The Morgan fingerprint density at radius 3 is 2.59 bits per heavy atom. The van der Waals surface area contributed by atoms with Gasteiger partial charge in [0.1, 0.15) is 5.75 Å². The number of hydrazone groups is 1. The molecule has 4 rings (SSSR count). The molecule has 0 aliphatic carbocycles. The van der Waals surface area contributed by atoms with Gasteiger partial charge in [-0.15, -0.1) is 0 Å². The largest absolute Gasteiger partial charge is 0.423 e. The molecule has 0 aliphatic heterocycles. The van der Waals surface area contributed by atoms with Crippen LogP contribution in [0.15, 0.2) is 71.8 Å². The minimum atomic E-state index is -0.512. The third-order valence-corrected chi connectivity index (χ3v) is 5.59. The summed E-state index contributed by atoms with van der Waals surface area (Å²) in [4.78, 5) is 16.6. The fourth-order valence-corrected chi connectivity index (χ4v) is 3.61. The third-order valence-electron chi connectivity index (χ3n) is 3.91. The van der Waals surface area contributed by atoms with Crippen LogP contribution in [-0.4, -0.2) is 17.2 Å². The SMILES string of the molecule is O=C(Oc1ccc(/C=N\Nc2nc3ccccc3s2)cc1)c1ccc(Cl)c(Cl)c1. The fraction of sp³-hybridized carbons (Fsp3) is 0. The molecule has 0 spiro atoms. The summed E-state index contributed by atoms with van der Waals surface area (Å²) < 4.78 is 6.44. The number of benzene rings is 3. The van der Waals surface area contributed by atoms with Crippen molar-refractivity contribution in [1.29, 1.82) is 0 Å². The predicted octanol–water partition coefficient (Wildman–Crippen LogP) is 6.27. The number of nitrogens with zero attached hydrogens (tertiary/aromatic N) is 2. The zero-order valence-electron chi connectivity index (χ0n) is 14.8. The van der Waals surface area contributed by atoms with E-state index in [4.69, 9.17) is 27.9 Å². The highest BCUT2D eigenvalue weighted by Gasteiger charge is 2.10. The molecule has 0 atom stereocenters. The molecule has 0 amide bonds. The summed E-state index contributed by atoms with van der Waals surface area (Å²) in [6.45, 7) is 0. The van der Waals surface area contributed by atoms with Crippen LogP contribution in [0.3, 0.4) is 0 Å². The summed E-state index contributed by atoms with van der Waals surface area (Å²) in [5, 5.41) is 5.60. The molecule has 0 saturated heterocycles. The normalized spacial score (nSPS) is 11.1. The van der Waals surface area contributed by atoms with Crippen molar-refractivity contribution in [2.24, 2.45) is 5.10 Å². The van der Waals surface area contributed by atoms with Crippen LogP contribution in [0.1, 0.15) is 15.9 Å². The van der Waals surface area contributed by atoms with E-state index in [0.717, 1.165) is 20.9 Å². The summed E-state index contributed by atoms with van der Waals surface area (Å²) in [6, 6.07) is 19.4. The number of halogens is 2. The maximum atomic E-state index is 12.2. The molecule has 0 fully saturated rings. The van der Waals surface area contributed by atoms with Crippen molar-refractivity contribution in [2.45, 2.75) is 0 Å². The van der Waals surface area contributed by atoms with Gasteiger partial charge in [0.15, 0.2) is 0 Å². The van der Waals surface area contributed by atoms with E-state index in [1.807, 2.05) is 24.3 Å². The van der Waals surface area contributed by atoms with Gasteiger partial charge in [-0.25, -0.2) is 9.78 Å². The molecule has 5 nitrogen and oxygen atoms in total. The van der Waals surface area contributed by atoms with Crippen LogP contribution in [0.25, 0.3) is 10.2 Å². The molecule has 0 aliphatic rings. The summed E-state index contributed by atoms with van der Waals surface area (Å²) in [7, 11) is 0. The van der Waals surface area contributed by atoms with Crippen LogP contribution in [-0.2, 0) is 0 Å². The first-order valence-corrected chi connectivity index (χ1v) is 10.1. The quantitative estimate of drug-likeness (QED) is 0.171. The monoisotopic (exact) mass is 441 g/mol. The van der Waals surface area contributed by atoms with Gasteiger partial charge in [0, 0.05) is 0 Å². The molecular weight excluding hydrogens is 429 g/mol. The van der Waals surface area contributed by atoms with Gasteiger partial charge in [0.25, 0.3) is 0 Å². The Hall–Kier alpha value is -2.93. The lowest BCUT2D eigenvalue weighted by Crippen LogP contribution is -2.08. The molecular formula is C21H13Cl2N3O2S. The van der Waals surface area contributed by atoms with E-state index in [9.17, 15) is 4.79 Å². The van der Waals surface area contributed by atoms with Crippen LogP contribution < -0.4 is 10.2 Å². The number of rotatable bonds is 5. The van der Waals surface area contributed by atoms with E-state index >= 15 is 0 Å². The number of esters is 1. The molecule has 8 heteroatoms. The van der Waals surface area contributed by atoms with Gasteiger partial charge in [-0.1, -0.05) is 46.7 Å². The minimum Gasteiger partial charge on any atom is -0.423 e. The maximum absolute atomic E-state index is 12.2. The van der Waals surface area contributed by atoms with E-state index in [1.165, 1.54) is 17.4 Å². The number of para-hydroxylation sites is 1. The first-order valence-electron chi connectivity index (χ1n) is 8.50. The lowest BCUT2D eigenvalue weighted by molar-refractivity contribution is 0.0735. The van der Waals surface area contributed by atoms with Crippen molar-refractivity contribution in [1.82, 2.24) is 4.98 Å². The molecule has 3 aromatic carbocycles. The predicted molar refractivity (Wildman–Crippen MR) is 119 cm³/mol. The second-order valence-corrected chi connectivity index (χ2v) is 7.79. The summed E-state index contributed by atoms with van der Waals surface area (Å²) in [5.41, 5.74) is 5.03. The number of thiazole rings is 1. The second-order valence-electron chi connectivity index (χ2n) is 5.94. The zero-order chi connectivity index (χ0) is 20.2. The fourth-order valence-electron chi connectivity index (χ4n) is 2.49. The Labute approximate surface area is 180 Å². The number of fused-ring (bicyclic) bond motifs is 1. The molecule has 1 heterocycles. The Kier molecular flexibility index (Phi) is 5.76. The molecule has 4 aromatic rings. The lowest BCUT2D eigenvalue weighted by atomic mass is 10.2. The first-order chi connectivity index (χ1) is 14.1. The number of aromatic nitrogens is 1. The molecule has 29 heavy (non-hydrogen) atoms. The van der Waals surface area contributed by atoms with Crippen LogP contribution in [0.4, 0.5) is 5.13 Å². The Morgan fingerprint density at radius 1 is 1.03 bits per heavy atom. The second kappa shape index (κ2) is 8.61. The van der Waals surface area contributed by atoms with Gasteiger partial charge >= 0.3 is 5.97 Å². The van der Waals surface area contributed by atoms with Gasteiger partial charge in [-0.05, 0) is 60.2 Å². The van der Waals surface area contributed by atoms with Crippen LogP contribution in [0.2, 0.25) is 10.0 Å². The molecule has 1 N–H and O–H groups in total. The van der Waals surface area contributed by atoms with E-state index in [-0.39, 0.29) is 0 Å². The molecule has 0 radical (unpaired) electrons. The highest BCUT2D eigenvalue weighted by molar-refractivity contribution is 7.22. The Balaban J connectivity index is 1.37. The average molecular weight is 442 g/mol. The number of nitrogens with one attached hydrogen (secondary N) is 1. The lowest BCUT2D eigenvalue weighted by Gasteiger charge is -2.05. The Morgan fingerprint density at radius 2 is 1.83 bits per heavy atom. The number of hydrogen-bond acceptors (Lipinski definition) is 6. The summed E-state index contributed by atoms with van der Waals surface area (Å²) in [6.07, 6.45) is 1.66. The van der Waals surface area contributed by atoms with E-state index in [2.05, 4.69) is 15.5 Å². The number of carbonyl (C=O) groups excluding carboxylic acids is 1. The number of ether oxygens (including phenoxy) is 1. The van der Waals surface area contributed by atoms with Crippen LogP contribution in [0, 0.1) is 0 Å². The first kappa shape index (κ1) is 19.4. The molecule has 0 unspecified atom stereocenters. The van der Waals surface area contributed by atoms with Crippen LogP contribution >= 0.6 is 34.5 Å².